The Hall–Kier alpha value is -2.70. The van der Waals surface area contributed by atoms with Gasteiger partial charge in [-0.15, -0.1) is 0 Å². The van der Waals surface area contributed by atoms with Gasteiger partial charge in [0.05, 0.1) is 17.7 Å². The van der Waals surface area contributed by atoms with Gasteiger partial charge < -0.3 is 9.47 Å². The summed E-state index contributed by atoms with van der Waals surface area (Å²) in [5.74, 6) is 0.160. The summed E-state index contributed by atoms with van der Waals surface area (Å²) < 4.78 is 1.97. The van der Waals surface area contributed by atoms with Crippen LogP contribution in [0.2, 0.25) is 5.02 Å². The van der Waals surface area contributed by atoms with Crippen LogP contribution < -0.4 is 0 Å². The number of likely N-dealkylation sites (N-methyl/N-ethyl adjacent to an activating group) is 1. The number of fused-ring (bicyclic) bond motifs is 3. The minimum absolute atomic E-state index is 0.160. The van der Waals surface area contributed by atoms with Crippen molar-refractivity contribution in [1.82, 2.24) is 24.3 Å². The van der Waals surface area contributed by atoms with Crippen molar-refractivity contribution in [2.75, 3.05) is 20.1 Å². The molecule has 3 aromatic rings. The van der Waals surface area contributed by atoms with E-state index in [1.165, 1.54) is 6.42 Å². The third-order valence-electron chi connectivity index (χ3n) is 6.34. The molecule has 6 nitrogen and oxygen atoms in total. The molecule has 3 saturated heterocycles. The standard InChI is InChI=1S/C23H24ClN5O/c1-27-12-20-7-6-19(27)13-29(20)21(30)14-28-15-26-22(16-2-4-18(24)5-3-16)23(28)17-8-10-25-11-9-17/h2-5,8-11,15,19-20H,6-7,12-14H2,1H3/t19-,20-/m0/s1. The molecule has 0 aliphatic carbocycles. The summed E-state index contributed by atoms with van der Waals surface area (Å²) in [5, 5.41) is 0.684. The Labute approximate surface area is 181 Å². The van der Waals surface area contributed by atoms with Gasteiger partial charge in [-0.05, 0) is 44.2 Å². The summed E-state index contributed by atoms with van der Waals surface area (Å²) >= 11 is 6.07. The number of halogens is 1. The van der Waals surface area contributed by atoms with E-state index in [9.17, 15) is 4.79 Å². The maximum absolute atomic E-state index is 13.3. The Morgan fingerprint density at radius 2 is 1.77 bits per heavy atom. The first-order valence-corrected chi connectivity index (χ1v) is 10.7. The minimum atomic E-state index is 0.160. The first kappa shape index (κ1) is 19.3. The molecule has 2 atom stereocenters. The lowest BCUT2D eigenvalue weighted by molar-refractivity contribution is -0.141. The lowest BCUT2D eigenvalue weighted by atomic mass is 9.91. The normalized spacial score (nSPS) is 21.2. The van der Waals surface area contributed by atoms with Crippen LogP contribution in [0.5, 0.6) is 0 Å². The van der Waals surface area contributed by atoms with Crippen molar-refractivity contribution in [2.24, 2.45) is 0 Å². The number of pyridine rings is 1. The fourth-order valence-electron chi connectivity index (χ4n) is 4.71. The van der Waals surface area contributed by atoms with Gasteiger partial charge in [-0.2, -0.15) is 0 Å². The van der Waals surface area contributed by atoms with Crippen molar-refractivity contribution in [3.8, 4) is 22.5 Å². The first-order valence-electron chi connectivity index (χ1n) is 10.3. The van der Waals surface area contributed by atoms with Gasteiger partial charge in [0, 0.05) is 53.7 Å². The van der Waals surface area contributed by atoms with Crippen molar-refractivity contribution in [3.05, 3.63) is 60.1 Å². The van der Waals surface area contributed by atoms with Crippen LogP contribution in [0, 0.1) is 0 Å². The van der Waals surface area contributed by atoms with Crippen LogP contribution in [-0.2, 0) is 11.3 Å². The highest BCUT2D eigenvalue weighted by molar-refractivity contribution is 6.30. The van der Waals surface area contributed by atoms with Gasteiger partial charge in [-0.1, -0.05) is 23.7 Å². The summed E-state index contributed by atoms with van der Waals surface area (Å²) in [7, 11) is 2.16. The van der Waals surface area contributed by atoms with Gasteiger partial charge >= 0.3 is 0 Å². The van der Waals surface area contributed by atoms with E-state index in [0.717, 1.165) is 42.0 Å². The molecule has 0 N–H and O–H groups in total. The maximum Gasteiger partial charge on any atom is 0.242 e. The summed E-state index contributed by atoms with van der Waals surface area (Å²) in [4.78, 5) is 26.5. The quantitative estimate of drug-likeness (QED) is 0.646. The number of carbonyl (C=O) groups excluding carboxylic acids is 1. The van der Waals surface area contributed by atoms with Crippen molar-refractivity contribution < 1.29 is 4.79 Å². The molecular formula is C23H24ClN5O. The number of nitrogens with zero attached hydrogens (tertiary/aromatic N) is 5. The molecule has 6 rings (SSSR count). The third-order valence-corrected chi connectivity index (χ3v) is 6.59. The van der Waals surface area contributed by atoms with Gasteiger partial charge in [0.1, 0.15) is 6.54 Å². The summed E-state index contributed by atoms with van der Waals surface area (Å²) in [6.45, 7) is 2.07. The number of piperazine rings is 1. The topological polar surface area (TPSA) is 54.3 Å². The van der Waals surface area contributed by atoms with Crippen LogP contribution in [0.1, 0.15) is 12.8 Å². The summed E-state index contributed by atoms with van der Waals surface area (Å²) in [5.41, 5.74) is 3.72. The molecule has 3 fully saturated rings. The maximum atomic E-state index is 13.3. The molecule has 1 amide bonds. The molecule has 1 aromatic carbocycles. The van der Waals surface area contributed by atoms with Crippen molar-refractivity contribution >= 4 is 17.5 Å². The first-order chi connectivity index (χ1) is 14.6. The second kappa shape index (κ2) is 7.85. The van der Waals surface area contributed by atoms with E-state index in [2.05, 4.69) is 26.8 Å². The molecule has 0 unspecified atom stereocenters. The van der Waals surface area contributed by atoms with E-state index < -0.39 is 0 Å². The van der Waals surface area contributed by atoms with Crippen molar-refractivity contribution in [1.29, 1.82) is 0 Å². The van der Waals surface area contributed by atoms with Crippen molar-refractivity contribution in [2.45, 2.75) is 31.5 Å². The molecule has 2 bridgehead atoms. The van der Waals surface area contributed by atoms with Crippen LogP contribution in [0.4, 0.5) is 0 Å². The number of amides is 1. The molecule has 3 aliphatic rings. The molecule has 30 heavy (non-hydrogen) atoms. The van der Waals surface area contributed by atoms with Gasteiger partial charge in [-0.25, -0.2) is 4.98 Å². The van der Waals surface area contributed by atoms with Crippen LogP contribution in [0.25, 0.3) is 22.5 Å². The highest BCUT2D eigenvalue weighted by Gasteiger charge is 2.39. The Kier molecular flexibility index (Phi) is 5.05. The van der Waals surface area contributed by atoms with E-state index in [-0.39, 0.29) is 12.5 Å². The number of hydrogen-bond donors (Lipinski definition) is 0. The monoisotopic (exact) mass is 421 g/mol. The third kappa shape index (κ3) is 3.50. The fourth-order valence-corrected chi connectivity index (χ4v) is 4.84. The Morgan fingerprint density at radius 3 is 2.43 bits per heavy atom. The number of aromatic nitrogens is 3. The molecule has 0 saturated carbocycles. The van der Waals surface area contributed by atoms with E-state index >= 15 is 0 Å². The number of hydrogen-bond acceptors (Lipinski definition) is 4. The average Bonchev–Trinajstić information content (AvgIpc) is 3.18. The smallest absolute Gasteiger partial charge is 0.242 e. The molecule has 0 radical (unpaired) electrons. The number of piperidine rings is 2. The molecule has 3 aliphatic heterocycles. The zero-order valence-corrected chi connectivity index (χ0v) is 17.7. The number of carbonyl (C=O) groups is 1. The Balaban J connectivity index is 1.48. The van der Waals surface area contributed by atoms with Crippen molar-refractivity contribution in [3.63, 3.8) is 0 Å². The zero-order valence-electron chi connectivity index (χ0n) is 16.9. The van der Waals surface area contributed by atoms with Crippen LogP contribution in [-0.4, -0.2) is 62.5 Å². The number of rotatable bonds is 4. The van der Waals surface area contributed by atoms with Gasteiger partial charge in [0.2, 0.25) is 5.91 Å². The van der Waals surface area contributed by atoms with Crippen LogP contribution in [0.15, 0.2) is 55.1 Å². The summed E-state index contributed by atoms with van der Waals surface area (Å²) in [6, 6.07) is 12.3. The average molecular weight is 422 g/mol. The predicted octanol–water partition coefficient (Wildman–Crippen LogP) is 3.57. The lowest BCUT2D eigenvalue weighted by Crippen LogP contribution is -2.63. The van der Waals surface area contributed by atoms with Crippen LogP contribution >= 0.6 is 11.6 Å². The van der Waals surface area contributed by atoms with E-state index in [0.29, 0.717) is 17.1 Å². The van der Waals surface area contributed by atoms with Gasteiger partial charge in [-0.3, -0.25) is 14.7 Å². The highest BCUT2D eigenvalue weighted by Crippen LogP contribution is 2.33. The molecular weight excluding hydrogens is 398 g/mol. The fraction of sp³-hybridized carbons (Fsp3) is 0.348. The molecule has 7 heteroatoms. The number of imidazole rings is 1. The van der Waals surface area contributed by atoms with Gasteiger partial charge in [0.15, 0.2) is 0 Å². The largest absolute Gasteiger partial charge is 0.335 e. The van der Waals surface area contributed by atoms with Crippen LogP contribution in [0.3, 0.4) is 0 Å². The Bertz CT molecular complexity index is 1050. The summed E-state index contributed by atoms with van der Waals surface area (Å²) in [6.07, 6.45) is 7.57. The van der Waals surface area contributed by atoms with E-state index in [4.69, 9.17) is 11.6 Å². The number of benzene rings is 1. The van der Waals surface area contributed by atoms with E-state index in [1.807, 2.05) is 41.0 Å². The lowest BCUT2D eigenvalue weighted by Gasteiger charge is -2.50. The Morgan fingerprint density at radius 1 is 1.03 bits per heavy atom. The molecule has 2 aromatic heterocycles. The predicted molar refractivity (Wildman–Crippen MR) is 117 cm³/mol. The van der Waals surface area contributed by atoms with E-state index in [1.54, 1.807) is 18.7 Å². The molecule has 5 heterocycles. The molecule has 0 spiro atoms. The second-order valence-corrected chi connectivity index (χ2v) is 8.62. The minimum Gasteiger partial charge on any atom is -0.335 e. The SMILES string of the molecule is CN1C[C@@H]2CC[C@H]1CN2C(=O)Cn1cnc(-c2ccc(Cl)cc2)c1-c1ccncc1. The second-order valence-electron chi connectivity index (χ2n) is 8.18. The highest BCUT2D eigenvalue weighted by atomic mass is 35.5. The van der Waals surface area contributed by atoms with Gasteiger partial charge in [0.25, 0.3) is 0 Å². The molecule has 154 valence electrons. The zero-order chi connectivity index (χ0) is 20.7.